The second kappa shape index (κ2) is 5.73. The van der Waals surface area contributed by atoms with Gasteiger partial charge in [0.15, 0.2) is 0 Å². The SMILES string of the molecule is Cc1cc(C=C(C#N)C#N)c(C)n1C[C@@H]1CCCO1. The molecule has 1 atom stereocenters. The topological polar surface area (TPSA) is 61.7 Å². The quantitative estimate of drug-likeness (QED) is 0.780. The summed E-state index contributed by atoms with van der Waals surface area (Å²) in [5.74, 6) is 0. The lowest BCUT2D eigenvalue weighted by atomic mass is 10.1. The first-order valence-corrected chi connectivity index (χ1v) is 6.46. The minimum atomic E-state index is 0.136. The highest BCUT2D eigenvalue weighted by Crippen LogP contribution is 2.21. The summed E-state index contributed by atoms with van der Waals surface area (Å²) in [5, 5.41) is 17.6. The maximum absolute atomic E-state index is 8.82. The molecule has 0 saturated carbocycles. The molecular weight excluding hydrogens is 238 g/mol. The number of rotatable bonds is 3. The normalized spacial score (nSPS) is 17.8. The third kappa shape index (κ3) is 2.86. The first kappa shape index (κ1) is 13.4. The fourth-order valence-electron chi connectivity index (χ4n) is 2.49. The maximum Gasteiger partial charge on any atom is 0.130 e. The summed E-state index contributed by atoms with van der Waals surface area (Å²) in [6.07, 6.45) is 4.16. The van der Waals surface area contributed by atoms with Gasteiger partial charge in [0.25, 0.3) is 0 Å². The molecule has 1 fully saturated rings. The molecular formula is C15H17N3O. The van der Waals surface area contributed by atoms with E-state index in [-0.39, 0.29) is 11.7 Å². The lowest BCUT2D eigenvalue weighted by Crippen LogP contribution is -2.16. The van der Waals surface area contributed by atoms with Gasteiger partial charge in [0, 0.05) is 24.5 Å². The molecule has 1 aromatic rings. The van der Waals surface area contributed by atoms with E-state index in [1.54, 1.807) is 6.08 Å². The van der Waals surface area contributed by atoms with Crippen LogP contribution in [0.3, 0.4) is 0 Å². The molecule has 0 spiro atoms. The highest BCUT2D eigenvalue weighted by molar-refractivity contribution is 5.64. The Labute approximate surface area is 113 Å². The Morgan fingerprint density at radius 2 is 2.21 bits per heavy atom. The molecule has 0 unspecified atom stereocenters. The van der Waals surface area contributed by atoms with Crippen LogP contribution in [0.25, 0.3) is 6.08 Å². The van der Waals surface area contributed by atoms with E-state index in [9.17, 15) is 0 Å². The van der Waals surface area contributed by atoms with Crippen molar-refractivity contribution in [3.63, 3.8) is 0 Å². The Kier molecular flexibility index (Phi) is 4.04. The van der Waals surface area contributed by atoms with Crippen LogP contribution in [0.15, 0.2) is 11.6 Å². The second-order valence-electron chi connectivity index (χ2n) is 4.85. The van der Waals surface area contributed by atoms with Crippen molar-refractivity contribution in [1.82, 2.24) is 4.57 Å². The molecule has 0 radical (unpaired) electrons. The van der Waals surface area contributed by atoms with Crippen LogP contribution in [-0.4, -0.2) is 17.3 Å². The molecule has 1 aromatic heterocycles. The predicted octanol–water partition coefficient (Wildman–Crippen LogP) is 2.71. The van der Waals surface area contributed by atoms with Crippen LogP contribution in [0.4, 0.5) is 0 Å². The molecule has 2 rings (SSSR count). The van der Waals surface area contributed by atoms with Crippen LogP contribution < -0.4 is 0 Å². The van der Waals surface area contributed by atoms with Gasteiger partial charge in [-0.15, -0.1) is 0 Å². The summed E-state index contributed by atoms with van der Waals surface area (Å²) in [7, 11) is 0. The Morgan fingerprint density at radius 3 is 2.79 bits per heavy atom. The molecule has 4 heteroatoms. The van der Waals surface area contributed by atoms with Crippen molar-refractivity contribution in [2.24, 2.45) is 0 Å². The largest absolute Gasteiger partial charge is 0.376 e. The average molecular weight is 255 g/mol. The number of nitrogens with zero attached hydrogens (tertiary/aromatic N) is 3. The third-order valence-electron chi connectivity index (χ3n) is 3.56. The van der Waals surface area contributed by atoms with Crippen LogP contribution in [-0.2, 0) is 11.3 Å². The van der Waals surface area contributed by atoms with Gasteiger partial charge in [-0.1, -0.05) is 0 Å². The molecule has 1 aliphatic rings. The van der Waals surface area contributed by atoms with Crippen LogP contribution in [0.2, 0.25) is 0 Å². The third-order valence-corrected chi connectivity index (χ3v) is 3.56. The highest BCUT2D eigenvalue weighted by atomic mass is 16.5. The van der Waals surface area contributed by atoms with E-state index in [1.165, 1.54) is 0 Å². The van der Waals surface area contributed by atoms with E-state index in [4.69, 9.17) is 15.3 Å². The molecule has 2 heterocycles. The lowest BCUT2D eigenvalue weighted by molar-refractivity contribution is 0.0962. The Balaban J connectivity index is 2.27. The molecule has 0 aliphatic carbocycles. The molecule has 98 valence electrons. The van der Waals surface area contributed by atoms with Crippen LogP contribution >= 0.6 is 0 Å². The zero-order valence-electron chi connectivity index (χ0n) is 11.3. The van der Waals surface area contributed by atoms with E-state index in [1.807, 2.05) is 32.1 Å². The Morgan fingerprint density at radius 1 is 1.47 bits per heavy atom. The molecule has 4 nitrogen and oxygen atoms in total. The summed E-state index contributed by atoms with van der Waals surface area (Å²) in [6, 6.07) is 5.80. The summed E-state index contributed by atoms with van der Waals surface area (Å²) >= 11 is 0. The van der Waals surface area contributed by atoms with Crippen molar-refractivity contribution in [2.75, 3.05) is 6.61 Å². The number of aromatic nitrogens is 1. The van der Waals surface area contributed by atoms with Crippen molar-refractivity contribution < 1.29 is 4.74 Å². The predicted molar refractivity (Wildman–Crippen MR) is 72.1 cm³/mol. The molecule has 0 bridgehead atoms. The zero-order chi connectivity index (χ0) is 13.8. The fourth-order valence-corrected chi connectivity index (χ4v) is 2.49. The zero-order valence-corrected chi connectivity index (χ0v) is 11.3. The standard InChI is InChI=1S/C15H17N3O/c1-11-6-14(7-13(8-16)9-17)12(2)18(11)10-15-4-3-5-19-15/h6-7,15H,3-5,10H2,1-2H3/t15-/m0/s1. The van der Waals surface area contributed by atoms with Crippen molar-refractivity contribution in [1.29, 1.82) is 10.5 Å². The minimum Gasteiger partial charge on any atom is -0.376 e. The van der Waals surface area contributed by atoms with Crippen molar-refractivity contribution >= 4 is 6.08 Å². The number of ether oxygens (including phenoxy) is 1. The van der Waals surface area contributed by atoms with Crippen molar-refractivity contribution in [3.8, 4) is 12.1 Å². The molecule has 19 heavy (non-hydrogen) atoms. The summed E-state index contributed by atoms with van der Waals surface area (Å²) in [6.45, 7) is 5.75. The van der Waals surface area contributed by atoms with Gasteiger partial charge in [-0.2, -0.15) is 10.5 Å². The average Bonchev–Trinajstić information content (AvgIpc) is 3.00. The smallest absolute Gasteiger partial charge is 0.130 e. The van der Waals surface area contributed by atoms with E-state index in [2.05, 4.69) is 4.57 Å². The van der Waals surface area contributed by atoms with Gasteiger partial charge in [-0.25, -0.2) is 0 Å². The van der Waals surface area contributed by atoms with Crippen molar-refractivity contribution in [3.05, 3.63) is 28.6 Å². The van der Waals surface area contributed by atoms with Gasteiger partial charge in [-0.05, 0) is 44.4 Å². The van der Waals surface area contributed by atoms with Crippen LogP contribution in [0.5, 0.6) is 0 Å². The number of hydrogen-bond acceptors (Lipinski definition) is 3. The van der Waals surface area contributed by atoms with Gasteiger partial charge >= 0.3 is 0 Å². The van der Waals surface area contributed by atoms with Crippen molar-refractivity contribution in [2.45, 2.75) is 39.3 Å². The van der Waals surface area contributed by atoms with Gasteiger partial charge in [-0.3, -0.25) is 0 Å². The maximum atomic E-state index is 8.82. The van der Waals surface area contributed by atoms with E-state index in [0.717, 1.165) is 42.9 Å². The van der Waals surface area contributed by atoms with Crippen LogP contribution in [0.1, 0.15) is 29.8 Å². The molecule has 1 aliphatic heterocycles. The summed E-state index contributed by atoms with van der Waals surface area (Å²) in [4.78, 5) is 0. The second-order valence-corrected chi connectivity index (χ2v) is 4.85. The lowest BCUT2D eigenvalue weighted by Gasteiger charge is -2.14. The number of hydrogen-bond donors (Lipinski definition) is 0. The Bertz CT molecular complexity index is 562. The van der Waals surface area contributed by atoms with Gasteiger partial charge in [0.1, 0.15) is 17.7 Å². The molecule has 0 aromatic carbocycles. The first-order valence-electron chi connectivity index (χ1n) is 6.46. The van der Waals surface area contributed by atoms with E-state index in [0.29, 0.717) is 0 Å². The number of nitriles is 2. The first-order chi connectivity index (χ1) is 9.15. The Hall–Kier alpha value is -2.04. The number of aryl methyl sites for hydroxylation is 1. The number of allylic oxidation sites excluding steroid dienone is 1. The van der Waals surface area contributed by atoms with Gasteiger partial charge in [0.05, 0.1) is 6.10 Å². The van der Waals surface area contributed by atoms with E-state index >= 15 is 0 Å². The van der Waals surface area contributed by atoms with Crippen LogP contribution in [0, 0.1) is 36.5 Å². The molecule has 0 N–H and O–H groups in total. The van der Waals surface area contributed by atoms with E-state index < -0.39 is 0 Å². The highest BCUT2D eigenvalue weighted by Gasteiger charge is 2.18. The fraction of sp³-hybridized carbons (Fsp3) is 0.467. The minimum absolute atomic E-state index is 0.136. The van der Waals surface area contributed by atoms with Gasteiger partial charge in [0.2, 0.25) is 0 Å². The molecule has 0 amide bonds. The van der Waals surface area contributed by atoms with Gasteiger partial charge < -0.3 is 9.30 Å². The monoisotopic (exact) mass is 255 g/mol. The summed E-state index contributed by atoms with van der Waals surface area (Å²) in [5.41, 5.74) is 3.29. The summed E-state index contributed by atoms with van der Waals surface area (Å²) < 4.78 is 7.86. The molecule has 1 saturated heterocycles.